The second-order valence-corrected chi connectivity index (χ2v) is 7.23. The number of hydrogen-bond acceptors (Lipinski definition) is 3. The van der Waals surface area contributed by atoms with Crippen LogP contribution < -0.4 is 10.9 Å². The molecule has 2 heterocycles. The molecule has 1 amide bonds. The van der Waals surface area contributed by atoms with E-state index in [0.29, 0.717) is 11.8 Å². The summed E-state index contributed by atoms with van der Waals surface area (Å²) in [5.74, 6) is 1.46. The average Bonchev–Trinajstić information content (AvgIpc) is 2.96. The smallest absolute Gasteiger partial charge is 0.241 e. The Bertz CT molecular complexity index is 518. The molecule has 120 valence electrons. The van der Waals surface area contributed by atoms with Gasteiger partial charge in [0.1, 0.15) is 6.04 Å². The molecule has 4 unspecified atom stereocenters. The maximum Gasteiger partial charge on any atom is 0.241 e. The first kappa shape index (κ1) is 15.5. The molecule has 0 bridgehead atoms. The van der Waals surface area contributed by atoms with Crippen LogP contribution in [0, 0.1) is 18.8 Å². The number of piperidine rings is 1. The van der Waals surface area contributed by atoms with Crippen molar-refractivity contribution < 1.29 is 4.79 Å². The van der Waals surface area contributed by atoms with Gasteiger partial charge in [-0.25, -0.2) is 10.9 Å². The number of benzene rings is 1. The van der Waals surface area contributed by atoms with E-state index in [2.05, 4.69) is 60.8 Å². The van der Waals surface area contributed by atoms with Crippen molar-refractivity contribution >= 4 is 5.91 Å². The minimum Gasteiger partial charge on any atom is -0.341 e. The zero-order valence-electron chi connectivity index (χ0n) is 13.8. The summed E-state index contributed by atoms with van der Waals surface area (Å²) in [6.45, 7) is 8.37. The van der Waals surface area contributed by atoms with Crippen molar-refractivity contribution in [3.8, 4) is 0 Å². The lowest BCUT2D eigenvalue weighted by atomic mass is 9.91. The van der Waals surface area contributed by atoms with Crippen LogP contribution >= 0.6 is 0 Å². The number of carbonyl (C=O) groups is 1. The third-order valence-electron chi connectivity index (χ3n) is 4.86. The van der Waals surface area contributed by atoms with Gasteiger partial charge in [0.15, 0.2) is 0 Å². The highest BCUT2D eigenvalue weighted by Crippen LogP contribution is 2.26. The monoisotopic (exact) mass is 301 g/mol. The van der Waals surface area contributed by atoms with Crippen molar-refractivity contribution in [1.29, 1.82) is 0 Å². The maximum absolute atomic E-state index is 12.7. The first-order valence-corrected chi connectivity index (χ1v) is 8.39. The Morgan fingerprint density at radius 3 is 2.32 bits per heavy atom. The Labute approximate surface area is 133 Å². The zero-order valence-corrected chi connectivity index (χ0v) is 13.8. The molecule has 0 saturated carbocycles. The van der Waals surface area contributed by atoms with Crippen LogP contribution in [-0.2, 0) is 4.79 Å². The van der Waals surface area contributed by atoms with Crippen molar-refractivity contribution in [1.82, 2.24) is 15.8 Å². The normalized spacial score (nSPS) is 32.2. The highest BCUT2D eigenvalue weighted by Gasteiger charge is 2.35. The Morgan fingerprint density at radius 2 is 1.68 bits per heavy atom. The van der Waals surface area contributed by atoms with Gasteiger partial charge >= 0.3 is 0 Å². The molecular formula is C18H27N3O. The molecule has 4 heteroatoms. The molecule has 2 fully saturated rings. The fourth-order valence-corrected chi connectivity index (χ4v) is 3.80. The number of likely N-dealkylation sites (tertiary alicyclic amines) is 1. The highest BCUT2D eigenvalue weighted by atomic mass is 16.2. The number of rotatable bonds is 2. The number of nitrogens with one attached hydrogen (secondary N) is 2. The molecule has 22 heavy (non-hydrogen) atoms. The van der Waals surface area contributed by atoms with Gasteiger partial charge in [-0.1, -0.05) is 43.7 Å². The van der Waals surface area contributed by atoms with Crippen LogP contribution in [0.15, 0.2) is 24.3 Å². The lowest BCUT2D eigenvalue weighted by Crippen LogP contribution is -2.50. The summed E-state index contributed by atoms with van der Waals surface area (Å²) >= 11 is 0. The molecule has 1 aromatic rings. The van der Waals surface area contributed by atoms with Crippen molar-refractivity contribution in [3.63, 3.8) is 0 Å². The fourth-order valence-electron chi connectivity index (χ4n) is 3.80. The molecule has 3 rings (SSSR count). The molecule has 2 N–H and O–H groups in total. The molecule has 0 radical (unpaired) electrons. The molecular weight excluding hydrogens is 274 g/mol. The lowest BCUT2D eigenvalue weighted by Gasteiger charge is -2.36. The number of aryl methyl sites for hydroxylation is 1. The van der Waals surface area contributed by atoms with Gasteiger partial charge in [0, 0.05) is 19.1 Å². The van der Waals surface area contributed by atoms with Gasteiger partial charge in [0.25, 0.3) is 0 Å². The number of hydrogen-bond donors (Lipinski definition) is 2. The Morgan fingerprint density at radius 1 is 1.05 bits per heavy atom. The minimum atomic E-state index is -0.108. The van der Waals surface area contributed by atoms with Crippen LogP contribution in [0.5, 0.6) is 0 Å². The summed E-state index contributed by atoms with van der Waals surface area (Å²) in [4.78, 5) is 14.8. The molecule has 4 nitrogen and oxygen atoms in total. The SMILES string of the molecule is Cc1ccc(C2CC(C(=O)N3CC(C)CC(C)C3)NN2)cc1. The lowest BCUT2D eigenvalue weighted by molar-refractivity contribution is -0.135. The summed E-state index contributed by atoms with van der Waals surface area (Å²) in [7, 11) is 0. The van der Waals surface area contributed by atoms with Gasteiger partial charge in [0.05, 0.1) is 0 Å². The molecule has 2 aliphatic heterocycles. The van der Waals surface area contributed by atoms with Crippen molar-refractivity contribution in [2.75, 3.05) is 13.1 Å². The van der Waals surface area contributed by atoms with E-state index in [0.717, 1.165) is 19.5 Å². The van der Waals surface area contributed by atoms with Crippen LogP contribution in [0.3, 0.4) is 0 Å². The van der Waals surface area contributed by atoms with E-state index in [9.17, 15) is 4.79 Å². The summed E-state index contributed by atoms with van der Waals surface area (Å²) < 4.78 is 0. The van der Waals surface area contributed by atoms with Gasteiger partial charge in [-0.05, 0) is 37.2 Å². The molecule has 0 spiro atoms. The van der Waals surface area contributed by atoms with E-state index >= 15 is 0 Å². The van der Waals surface area contributed by atoms with E-state index in [1.807, 2.05) is 0 Å². The molecule has 0 aromatic heterocycles. The second kappa shape index (κ2) is 6.39. The summed E-state index contributed by atoms with van der Waals surface area (Å²) in [6.07, 6.45) is 2.05. The van der Waals surface area contributed by atoms with Crippen LogP contribution in [-0.4, -0.2) is 29.9 Å². The van der Waals surface area contributed by atoms with E-state index < -0.39 is 0 Å². The summed E-state index contributed by atoms with van der Waals surface area (Å²) in [5.41, 5.74) is 9.00. The number of amides is 1. The van der Waals surface area contributed by atoms with Gasteiger partial charge in [-0.2, -0.15) is 0 Å². The minimum absolute atomic E-state index is 0.108. The summed E-state index contributed by atoms with van der Waals surface area (Å²) in [6, 6.07) is 8.65. The van der Waals surface area contributed by atoms with Crippen LogP contribution in [0.4, 0.5) is 0 Å². The zero-order chi connectivity index (χ0) is 15.7. The predicted molar refractivity (Wildman–Crippen MR) is 88.1 cm³/mol. The number of carbonyl (C=O) groups excluding carboxylic acids is 1. The van der Waals surface area contributed by atoms with Crippen molar-refractivity contribution in [2.24, 2.45) is 11.8 Å². The molecule has 1 aromatic carbocycles. The van der Waals surface area contributed by atoms with E-state index in [1.165, 1.54) is 17.5 Å². The molecule has 2 saturated heterocycles. The fraction of sp³-hybridized carbons (Fsp3) is 0.611. The Hall–Kier alpha value is -1.39. The van der Waals surface area contributed by atoms with E-state index in [-0.39, 0.29) is 18.0 Å². The third kappa shape index (κ3) is 3.33. The maximum atomic E-state index is 12.7. The standard InChI is InChI=1S/C18H27N3O/c1-12-4-6-15(7-5-12)16-9-17(20-19-16)18(22)21-10-13(2)8-14(3)11-21/h4-7,13-14,16-17,19-20H,8-11H2,1-3H3. The van der Waals surface area contributed by atoms with E-state index in [4.69, 9.17) is 0 Å². The average molecular weight is 301 g/mol. The topological polar surface area (TPSA) is 44.4 Å². The van der Waals surface area contributed by atoms with E-state index in [1.54, 1.807) is 0 Å². The molecule has 0 aliphatic carbocycles. The summed E-state index contributed by atoms with van der Waals surface area (Å²) in [5, 5.41) is 0. The third-order valence-corrected chi connectivity index (χ3v) is 4.86. The van der Waals surface area contributed by atoms with Gasteiger partial charge in [-0.15, -0.1) is 0 Å². The largest absolute Gasteiger partial charge is 0.341 e. The second-order valence-electron chi connectivity index (χ2n) is 7.23. The highest BCUT2D eigenvalue weighted by molar-refractivity contribution is 5.82. The Balaban J connectivity index is 1.62. The van der Waals surface area contributed by atoms with Crippen molar-refractivity contribution in [3.05, 3.63) is 35.4 Å². The van der Waals surface area contributed by atoms with Gasteiger partial charge in [0.2, 0.25) is 5.91 Å². The van der Waals surface area contributed by atoms with Crippen molar-refractivity contribution in [2.45, 2.75) is 45.7 Å². The van der Waals surface area contributed by atoms with Crippen LogP contribution in [0.1, 0.15) is 43.9 Å². The van der Waals surface area contributed by atoms with Crippen LogP contribution in [0.25, 0.3) is 0 Å². The Kier molecular flexibility index (Phi) is 4.50. The van der Waals surface area contributed by atoms with Crippen LogP contribution in [0.2, 0.25) is 0 Å². The van der Waals surface area contributed by atoms with Gasteiger partial charge in [-0.3, -0.25) is 4.79 Å². The predicted octanol–water partition coefficient (Wildman–Crippen LogP) is 2.41. The van der Waals surface area contributed by atoms with Gasteiger partial charge < -0.3 is 4.90 Å². The quantitative estimate of drug-likeness (QED) is 0.881. The first-order chi connectivity index (χ1) is 10.5. The first-order valence-electron chi connectivity index (χ1n) is 8.39. The number of hydrazine groups is 1. The number of nitrogens with zero attached hydrogens (tertiary/aromatic N) is 1. The molecule has 4 atom stereocenters. The molecule has 2 aliphatic rings.